The van der Waals surface area contributed by atoms with Crippen molar-refractivity contribution < 1.29 is 9.90 Å². The van der Waals surface area contributed by atoms with Crippen molar-refractivity contribution in [3.63, 3.8) is 0 Å². The third-order valence-corrected chi connectivity index (χ3v) is 4.06. The lowest BCUT2D eigenvalue weighted by atomic mass is 10.1. The van der Waals surface area contributed by atoms with Crippen LogP contribution in [0.15, 0.2) is 47.5 Å². The first-order valence-electron chi connectivity index (χ1n) is 7.10. The van der Waals surface area contributed by atoms with Crippen molar-refractivity contribution in [2.45, 2.75) is 31.3 Å². The van der Waals surface area contributed by atoms with Crippen LogP contribution in [0.1, 0.15) is 29.9 Å². The van der Waals surface area contributed by atoms with Gasteiger partial charge < -0.3 is 10.0 Å². The Hall–Kier alpha value is -2.01. The summed E-state index contributed by atoms with van der Waals surface area (Å²) >= 11 is 1.68. The molecule has 0 atom stereocenters. The topological polar surface area (TPSA) is 53.4 Å². The van der Waals surface area contributed by atoms with E-state index in [4.69, 9.17) is 0 Å². The molecular weight excluding hydrogens is 296 g/mol. The third-order valence-electron chi connectivity index (χ3n) is 3.34. The highest BCUT2D eigenvalue weighted by Gasteiger charge is 2.20. The lowest BCUT2D eigenvalue weighted by molar-refractivity contribution is 0.0684. The molecule has 0 saturated carbocycles. The minimum atomic E-state index is -0.135. The van der Waals surface area contributed by atoms with E-state index in [-0.39, 0.29) is 17.7 Å². The van der Waals surface area contributed by atoms with Gasteiger partial charge in [-0.05, 0) is 49.9 Å². The molecule has 2 rings (SSSR count). The number of hydrogen-bond donors (Lipinski definition) is 1. The molecule has 1 aromatic carbocycles. The third kappa shape index (κ3) is 4.01. The molecule has 0 fully saturated rings. The van der Waals surface area contributed by atoms with E-state index in [1.165, 1.54) is 17.2 Å². The molecule has 2 aromatic rings. The van der Waals surface area contributed by atoms with Crippen molar-refractivity contribution in [3.8, 4) is 5.75 Å². The molecule has 22 heavy (non-hydrogen) atoms. The summed E-state index contributed by atoms with van der Waals surface area (Å²) < 4.78 is 0. The van der Waals surface area contributed by atoms with E-state index < -0.39 is 0 Å². The molecule has 0 saturated heterocycles. The molecule has 1 amide bonds. The lowest BCUT2D eigenvalue weighted by Gasteiger charge is -2.26. The molecule has 1 heterocycles. The quantitative estimate of drug-likeness (QED) is 0.857. The number of pyridine rings is 1. The molecule has 0 radical (unpaired) electrons. The van der Waals surface area contributed by atoms with Crippen molar-refractivity contribution in [2.24, 2.45) is 0 Å². The zero-order valence-electron chi connectivity index (χ0n) is 13.0. The number of carbonyl (C=O) groups excluding carboxylic acids is 1. The van der Waals surface area contributed by atoms with E-state index in [1.54, 1.807) is 22.7 Å². The van der Waals surface area contributed by atoms with Gasteiger partial charge in [-0.3, -0.25) is 4.79 Å². The fourth-order valence-electron chi connectivity index (χ4n) is 2.12. The van der Waals surface area contributed by atoms with Gasteiger partial charge in [0, 0.05) is 17.5 Å². The highest BCUT2D eigenvalue weighted by atomic mass is 32.2. The molecule has 0 spiro atoms. The number of amides is 1. The summed E-state index contributed by atoms with van der Waals surface area (Å²) in [5, 5.41) is 9.29. The van der Waals surface area contributed by atoms with E-state index in [1.807, 2.05) is 32.2 Å². The van der Waals surface area contributed by atoms with Gasteiger partial charge in [-0.1, -0.05) is 12.1 Å². The zero-order chi connectivity index (χ0) is 16.1. The van der Waals surface area contributed by atoms with Crippen molar-refractivity contribution in [1.29, 1.82) is 0 Å². The van der Waals surface area contributed by atoms with E-state index in [2.05, 4.69) is 17.1 Å². The van der Waals surface area contributed by atoms with Crippen LogP contribution in [0.4, 0.5) is 0 Å². The first kappa shape index (κ1) is 16.4. The molecular formula is C17H20N2O2S. The van der Waals surface area contributed by atoms with Gasteiger partial charge in [0.1, 0.15) is 11.4 Å². The average molecular weight is 316 g/mol. The molecule has 0 unspecified atom stereocenters. The molecule has 0 bridgehead atoms. The number of hydrogen-bond acceptors (Lipinski definition) is 4. The average Bonchev–Trinajstić information content (AvgIpc) is 2.52. The van der Waals surface area contributed by atoms with E-state index in [0.29, 0.717) is 12.2 Å². The zero-order valence-corrected chi connectivity index (χ0v) is 13.8. The Morgan fingerprint density at radius 1 is 1.32 bits per heavy atom. The Morgan fingerprint density at radius 3 is 2.68 bits per heavy atom. The van der Waals surface area contributed by atoms with Crippen LogP contribution >= 0.6 is 11.8 Å². The molecule has 5 heteroatoms. The second-order valence-corrected chi connectivity index (χ2v) is 6.16. The maximum atomic E-state index is 12.6. The minimum absolute atomic E-state index is 0.0559. The van der Waals surface area contributed by atoms with Gasteiger partial charge in [0.05, 0.1) is 6.20 Å². The van der Waals surface area contributed by atoms with Crippen molar-refractivity contribution in [2.75, 3.05) is 6.26 Å². The largest absolute Gasteiger partial charge is 0.506 e. The Balaban J connectivity index is 2.22. The summed E-state index contributed by atoms with van der Waals surface area (Å²) in [6.07, 6.45) is 3.32. The number of rotatable bonds is 5. The number of carbonyl (C=O) groups is 1. The molecule has 1 aromatic heterocycles. The second-order valence-electron chi connectivity index (χ2n) is 5.28. The highest BCUT2D eigenvalue weighted by Crippen LogP contribution is 2.19. The summed E-state index contributed by atoms with van der Waals surface area (Å²) in [6.45, 7) is 4.50. The predicted octanol–water partition coefficient (Wildman–Crippen LogP) is 3.56. The van der Waals surface area contributed by atoms with Gasteiger partial charge in [0.2, 0.25) is 0 Å². The first-order chi connectivity index (χ1) is 10.5. The number of nitrogens with zero attached hydrogens (tertiary/aromatic N) is 2. The number of thioether (sulfide) groups is 1. The molecule has 0 aliphatic heterocycles. The minimum Gasteiger partial charge on any atom is -0.506 e. The Labute approximate surface area is 135 Å². The summed E-state index contributed by atoms with van der Waals surface area (Å²) in [6, 6.07) is 11.3. The normalized spacial score (nSPS) is 10.7. The van der Waals surface area contributed by atoms with Crippen LogP contribution in [0.3, 0.4) is 0 Å². The van der Waals surface area contributed by atoms with Crippen LogP contribution in [0.2, 0.25) is 0 Å². The fraction of sp³-hybridized carbons (Fsp3) is 0.294. The summed E-state index contributed by atoms with van der Waals surface area (Å²) in [4.78, 5) is 19.6. The van der Waals surface area contributed by atoms with Gasteiger partial charge >= 0.3 is 0 Å². The maximum absolute atomic E-state index is 12.6. The van der Waals surface area contributed by atoms with Gasteiger partial charge in [-0.2, -0.15) is 0 Å². The van der Waals surface area contributed by atoms with Crippen LogP contribution in [-0.4, -0.2) is 33.2 Å². The van der Waals surface area contributed by atoms with Crippen LogP contribution in [-0.2, 0) is 6.54 Å². The predicted molar refractivity (Wildman–Crippen MR) is 89.1 cm³/mol. The van der Waals surface area contributed by atoms with Crippen LogP contribution in [0.25, 0.3) is 0 Å². The number of benzene rings is 1. The Bertz CT molecular complexity index is 641. The standard InChI is InChI=1S/C17H20N2O2S/c1-12(2)19(11-13-5-4-6-15(9-13)22-3)17(21)16-8-7-14(20)10-18-16/h4-10,12,20H,11H2,1-3H3. The van der Waals surface area contributed by atoms with E-state index in [9.17, 15) is 9.90 Å². The monoisotopic (exact) mass is 316 g/mol. The van der Waals surface area contributed by atoms with E-state index >= 15 is 0 Å². The molecule has 0 aliphatic carbocycles. The van der Waals surface area contributed by atoms with Crippen LogP contribution in [0, 0.1) is 0 Å². The molecule has 0 aliphatic rings. The Morgan fingerprint density at radius 2 is 2.09 bits per heavy atom. The van der Waals surface area contributed by atoms with Crippen molar-refractivity contribution in [3.05, 3.63) is 53.9 Å². The number of aromatic nitrogens is 1. The van der Waals surface area contributed by atoms with Gasteiger partial charge in [0.25, 0.3) is 5.91 Å². The summed E-state index contributed by atoms with van der Waals surface area (Å²) in [7, 11) is 0. The smallest absolute Gasteiger partial charge is 0.272 e. The van der Waals surface area contributed by atoms with Crippen molar-refractivity contribution in [1.82, 2.24) is 9.88 Å². The lowest BCUT2D eigenvalue weighted by Crippen LogP contribution is -2.36. The molecule has 4 nitrogen and oxygen atoms in total. The summed E-state index contributed by atoms with van der Waals surface area (Å²) in [5.41, 5.74) is 1.43. The van der Waals surface area contributed by atoms with Gasteiger partial charge in [0.15, 0.2) is 0 Å². The maximum Gasteiger partial charge on any atom is 0.272 e. The fourth-order valence-corrected chi connectivity index (χ4v) is 2.60. The number of aromatic hydroxyl groups is 1. The van der Waals surface area contributed by atoms with Crippen LogP contribution in [0.5, 0.6) is 5.75 Å². The first-order valence-corrected chi connectivity index (χ1v) is 8.32. The second kappa shape index (κ2) is 7.31. The Kier molecular flexibility index (Phi) is 5.44. The molecule has 1 N–H and O–H groups in total. The highest BCUT2D eigenvalue weighted by molar-refractivity contribution is 7.98. The SMILES string of the molecule is CSc1cccc(CN(C(=O)c2ccc(O)cn2)C(C)C)c1. The molecule has 116 valence electrons. The van der Waals surface area contributed by atoms with E-state index in [0.717, 1.165) is 5.56 Å². The van der Waals surface area contributed by atoms with Crippen molar-refractivity contribution >= 4 is 17.7 Å². The van der Waals surface area contributed by atoms with Gasteiger partial charge in [-0.15, -0.1) is 11.8 Å². The summed E-state index contributed by atoms with van der Waals surface area (Å²) in [5.74, 6) is -0.0788. The van der Waals surface area contributed by atoms with Crippen LogP contribution < -0.4 is 0 Å². The van der Waals surface area contributed by atoms with Gasteiger partial charge in [-0.25, -0.2) is 4.98 Å².